The van der Waals surface area contributed by atoms with Crippen LogP contribution in [0.3, 0.4) is 0 Å². The molecule has 2 heterocycles. The molecule has 3 aliphatic rings. The number of ether oxygens (including phenoxy) is 1. The number of carbonyl (C=O) groups is 2. The Morgan fingerprint density at radius 2 is 2.11 bits per heavy atom. The third kappa shape index (κ3) is 2.56. The molecular formula is C20H20F2N2O3. The molecule has 0 saturated carbocycles. The van der Waals surface area contributed by atoms with Crippen molar-refractivity contribution in [1.29, 1.82) is 0 Å². The van der Waals surface area contributed by atoms with Gasteiger partial charge in [-0.05, 0) is 43.2 Å². The number of fused-ring (bicyclic) bond motifs is 2. The van der Waals surface area contributed by atoms with E-state index in [2.05, 4.69) is 5.32 Å². The third-order valence-corrected chi connectivity index (χ3v) is 5.52. The van der Waals surface area contributed by atoms with Gasteiger partial charge in [0.2, 0.25) is 17.6 Å². The summed E-state index contributed by atoms with van der Waals surface area (Å²) in [5, 5.41) is 2.80. The summed E-state index contributed by atoms with van der Waals surface area (Å²) in [7, 11) is 0. The molecule has 1 aromatic rings. The molecule has 0 radical (unpaired) electrons. The SMILES string of the molecule is CCOC1=CC(F)C(F)(N2CC3(CCC2=O)C(=O)Nc2ccccc23)C=C1. The summed E-state index contributed by atoms with van der Waals surface area (Å²) in [5.74, 6) is -3.23. The highest BCUT2D eigenvalue weighted by Crippen LogP contribution is 2.46. The Morgan fingerprint density at radius 1 is 1.33 bits per heavy atom. The second kappa shape index (κ2) is 6.18. The highest BCUT2D eigenvalue weighted by molar-refractivity contribution is 6.07. The number of allylic oxidation sites excluding steroid dienone is 1. The van der Waals surface area contributed by atoms with Crippen LogP contribution in [-0.4, -0.2) is 41.8 Å². The monoisotopic (exact) mass is 374 g/mol. The second-order valence-corrected chi connectivity index (χ2v) is 7.03. The molecule has 7 heteroatoms. The lowest BCUT2D eigenvalue weighted by Gasteiger charge is -2.45. The van der Waals surface area contributed by atoms with E-state index in [0.29, 0.717) is 12.3 Å². The Bertz CT molecular complexity index is 869. The molecule has 1 saturated heterocycles. The van der Waals surface area contributed by atoms with E-state index in [4.69, 9.17) is 4.74 Å². The minimum absolute atomic E-state index is 0.0317. The molecule has 142 valence electrons. The van der Waals surface area contributed by atoms with Crippen molar-refractivity contribution in [2.75, 3.05) is 18.5 Å². The quantitative estimate of drug-likeness (QED) is 0.828. The molecule has 1 aliphatic carbocycles. The van der Waals surface area contributed by atoms with Gasteiger partial charge < -0.3 is 15.0 Å². The van der Waals surface area contributed by atoms with Gasteiger partial charge in [-0.2, -0.15) is 0 Å². The summed E-state index contributed by atoms with van der Waals surface area (Å²) in [5.41, 5.74) is 0.303. The molecular weight excluding hydrogens is 354 g/mol. The lowest BCUT2D eigenvalue weighted by atomic mass is 9.74. The normalized spacial score (nSPS) is 32.3. The first-order valence-electron chi connectivity index (χ1n) is 8.99. The first-order valence-corrected chi connectivity index (χ1v) is 8.99. The lowest BCUT2D eigenvalue weighted by molar-refractivity contribution is -0.155. The van der Waals surface area contributed by atoms with E-state index in [1.807, 2.05) is 0 Å². The summed E-state index contributed by atoms with van der Waals surface area (Å²) in [6.45, 7) is 1.85. The zero-order valence-corrected chi connectivity index (χ0v) is 14.9. The van der Waals surface area contributed by atoms with Crippen LogP contribution in [0.25, 0.3) is 0 Å². The van der Waals surface area contributed by atoms with Crippen molar-refractivity contribution in [2.24, 2.45) is 0 Å². The Morgan fingerprint density at radius 3 is 2.85 bits per heavy atom. The van der Waals surface area contributed by atoms with Crippen LogP contribution in [0.2, 0.25) is 0 Å². The van der Waals surface area contributed by atoms with Crippen molar-refractivity contribution in [3.63, 3.8) is 0 Å². The fourth-order valence-corrected chi connectivity index (χ4v) is 4.09. The summed E-state index contributed by atoms with van der Waals surface area (Å²) in [4.78, 5) is 26.1. The number of hydrogen-bond acceptors (Lipinski definition) is 3. The molecule has 1 spiro atoms. The largest absolute Gasteiger partial charge is 0.494 e. The lowest BCUT2D eigenvalue weighted by Crippen LogP contribution is -2.62. The topological polar surface area (TPSA) is 58.6 Å². The minimum Gasteiger partial charge on any atom is -0.494 e. The fourth-order valence-electron chi connectivity index (χ4n) is 4.09. The molecule has 4 rings (SSSR count). The van der Waals surface area contributed by atoms with Gasteiger partial charge in [0.25, 0.3) is 0 Å². The van der Waals surface area contributed by atoms with Crippen molar-refractivity contribution in [1.82, 2.24) is 4.90 Å². The van der Waals surface area contributed by atoms with Gasteiger partial charge in [0, 0.05) is 18.7 Å². The number of likely N-dealkylation sites (tertiary alicyclic amines) is 1. The Balaban J connectivity index is 1.70. The number of para-hydroxylation sites is 1. The van der Waals surface area contributed by atoms with Crippen molar-refractivity contribution in [3.8, 4) is 0 Å². The number of alkyl halides is 2. The highest BCUT2D eigenvalue weighted by Gasteiger charge is 2.57. The van der Waals surface area contributed by atoms with Gasteiger partial charge in [-0.3, -0.25) is 9.59 Å². The standard InChI is InChI=1S/C20H20F2N2O3/c1-2-27-13-7-10-20(22,16(21)11-13)24-12-19(9-8-17(24)25)14-5-3-4-6-15(14)23-18(19)26/h3-7,10-11,16H,2,8-9,12H2,1H3,(H,23,26). The van der Waals surface area contributed by atoms with Crippen LogP contribution >= 0.6 is 0 Å². The molecule has 27 heavy (non-hydrogen) atoms. The molecule has 3 unspecified atom stereocenters. The maximum Gasteiger partial charge on any atom is 0.239 e. The molecule has 0 bridgehead atoms. The first kappa shape index (κ1) is 17.7. The summed E-state index contributed by atoms with van der Waals surface area (Å²) in [6.07, 6.45) is 1.52. The van der Waals surface area contributed by atoms with Gasteiger partial charge >= 0.3 is 0 Å². The first-order chi connectivity index (χ1) is 12.9. The predicted octanol–water partition coefficient (Wildman–Crippen LogP) is 2.99. The van der Waals surface area contributed by atoms with E-state index in [0.717, 1.165) is 22.6 Å². The molecule has 2 amide bonds. The predicted molar refractivity (Wildman–Crippen MR) is 95.3 cm³/mol. The number of piperidine rings is 1. The van der Waals surface area contributed by atoms with Crippen molar-refractivity contribution in [2.45, 2.75) is 37.1 Å². The van der Waals surface area contributed by atoms with Gasteiger partial charge in [-0.15, -0.1) is 0 Å². The summed E-state index contributed by atoms with van der Waals surface area (Å²) < 4.78 is 35.6. The van der Waals surface area contributed by atoms with Crippen LogP contribution in [0.4, 0.5) is 14.5 Å². The van der Waals surface area contributed by atoms with E-state index in [1.165, 1.54) is 6.08 Å². The molecule has 0 aromatic heterocycles. The average molecular weight is 374 g/mol. The van der Waals surface area contributed by atoms with Gasteiger partial charge in [-0.25, -0.2) is 8.78 Å². The van der Waals surface area contributed by atoms with E-state index >= 15 is 4.39 Å². The van der Waals surface area contributed by atoms with Crippen LogP contribution in [0.15, 0.2) is 48.3 Å². The molecule has 1 aromatic carbocycles. The van der Waals surface area contributed by atoms with Crippen LogP contribution in [0, 0.1) is 0 Å². The summed E-state index contributed by atoms with van der Waals surface area (Å²) >= 11 is 0. The zero-order valence-electron chi connectivity index (χ0n) is 14.9. The second-order valence-electron chi connectivity index (χ2n) is 7.03. The van der Waals surface area contributed by atoms with Crippen LogP contribution in [0.1, 0.15) is 25.3 Å². The van der Waals surface area contributed by atoms with Crippen molar-refractivity contribution < 1.29 is 23.1 Å². The van der Waals surface area contributed by atoms with Crippen molar-refractivity contribution in [3.05, 3.63) is 53.8 Å². The Labute approximate surface area is 155 Å². The van der Waals surface area contributed by atoms with E-state index < -0.39 is 23.3 Å². The molecule has 2 aliphatic heterocycles. The minimum atomic E-state index is -2.65. The summed E-state index contributed by atoms with van der Waals surface area (Å²) in [6, 6.07) is 7.15. The zero-order chi connectivity index (χ0) is 19.2. The maximum absolute atomic E-state index is 15.7. The average Bonchev–Trinajstić information content (AvgIpc) is 2.92. The number of hydrogen-bond donors (Lipinski definition) is 1. The number of nitrogens with zero attached hydrogens (tertiary/aromatic N) is 1. The number of anilines is 1. The molecule has 3 atom stereocenters. The third-order valence-electron chi connectivity index (χ3n) is 5.52. The van der Waals surface area contributed by atoms with Gasteiger partial charge in [0.15, 0.2) is 6.17 Å². The van der Waals surface area contributed by atoms with Gasteiger partial charge in [0.05, 0.1) is 12.0 Å². The van der Waals surface area contributed by atoms with Crippen LogP contribution in [-0.2, 0) is 19.7 Å². The maximum atomic E-state index is 15.7. The van der Waals surface area contributed by atoms with E-state index in [-0.39, 0.29) is 31.1 Å². The van der Waals surface area contributed by atoms with Gasteiger partial charge in [-0.1, -0.05) is 18.2 Å². The number of amides is 2. The molecule has 5 nitrogen and oxygen atoms in total. The van der Waals surface area contributed by atoms with Crippen LogP contribution in [0.5, 0.6) is 0 Å². The highest BCUT2D eigenvalue weighted by atomic mass is 19.2. The Hall–Kier alpha value is -2.70. The number of nitrogens with one attached hydrogen (secondary N) is 1. The van der Waals surface area contributed by atoms with Gasteiger partial charge in [0.1, 0.15) is 5.76 Å². The Kier molecular flexibility index (Phi) is 4.05. The molecule has 1 N–H and O–H groups in total. The fraction of sp³-hybridized carbons (Fsp3) is 0.400. The smallest absolute Gasteiger partial charge is 0.239 e. The van der Waals surface area contributed by atoms with Crippen LogP contribution < -0.4 is 5.32 Å². The number of halogens is 2. The number of rotatable bonds is 3. The molecule has 1 fully saturated rings. The van der Waals surface area contributed by atoms with E-state index in [1.54, 1.807) is 31.2 Å². The van der Waals surface area contributed by atoms with Crippen molar-refractivity contribution >= 4 is 17.5 Å². The number of carbonyl (C=O) groups excluding carboxylic acids is 2. The number of benzene rings is 1. The van der Waals surface area contributed by atoms with E-state index in [9.17, 15) is 14.0 Å².